The van der Waals surface area contributed by atoms with Crippen LogP contribution in [0.4, 0.5) is 0 Å². The van der Waals surface area contributed by atoms with E-state index in [-0.39, 0.29) is 43.9 Å². The van der Waals surface area contributed by atoms with Crippen LogP contribution in [0.1, 0.15) is 31.7 Å². The maximum atomic E-state index is 13.3. The summed E-state index contributed by atoms with van der Waals surface area (Å²) in [5, 5.41) is 36.3. The number of aliphatic carboxylic acids is 1. The highest BCUT2D eigenvalue weighted by Crippen LogP contribution is 2.12. The van der Waals surface area contributed by atoms with Crippen LogP contribution in [0.3, 0.4) is 0 Å². The smallest absolute Gasteiger partial charge is 0.326 e. The van der Waals surface area contributed by atoms with Gasteiger partial charge in [0.25, 0.3) is 0 Å². The summed E-state index contributed by atoms with van der Waals surface area (Å²) in [6, 6.07) is 1.06. The summed E-state index contributed by atoms with van der Waals surface area (Å²) in [5.74, 6) is -3.12. The first-order valence-electron chi connectivity index (χ1n) is 12.3. The molecule has 15 heteroatoms. The summed E-state index contributed by atoms with van der Waals surface area (Å²) >= 11 is 1.42. The Labute approximate surface area is 231 Å². The summed E-state index contributed by atoms with van der Waals surface area (Å²) in [4.78, 5) is 54.5. The molecule has 0 fully saturated rings. The zero-order valence-electron chi connectivity index (χ0n) is 22.0. The summed E-state index contributed by atoms with van der Waals surface area (Å²) in [6.07, 6.45) is 1.10. The third kappa shape index (κ3) is 12.7. The Balaban J connectivity index is 3.17. The second-order valence-electron chi connectivity index (χ2n) is 8.89. The van der Waals surface area contributed by atoms with Crippen molar-refractivity contribution in [1.29, 1.82) is 0 Å². The molecular formula is C24H39N7O7S. The Kier molecular flexibility index (Phi) is 14.7. The Bertz CT molecular complexity index is 988. The van der Waals surface area contributed by atoms with Gasteiger partial charge >= 0.3 is 5.97 Å². The number of carboxylic acid groups (broad SMARTS) is 1. The molecule has 0 aliphatic heterocycles. The predicted octanol–water partition coefficient (Wildman–Crippen LogP) is -2.01. The lowest BCUT2D eigenvalue weighted by molar-refractivity contribution is -0.142. The number of aliphatic hydroxyl groups excluding tert-OH is 1. The topological polar surface area (TPSA) is 255 Å². The van der Waals surface area contributed by atoms with Crippen LogP contribution in [-0.4, -0.2) is 93.8 Å². The number of thioether (sulfide) groups is 1. The molecule has 0 aliphatic rings. The molecule has 1 rings (SSSR count). The molecule has 0 aliphatic carbocycles. The molecule has 0 heterocycles. The van der Waals surface area contributed by atoms with Crippen LogP contribution in [-0.2, 0) is 25.6 Å². The van der Waals surface area contributed by atoms with Crippen LogP contribution in [0.5, 0.6) is 5.75 Å². The van der Waals surface area contributed by atoms with Gasteiger partial charge in [0.05, 0.1) is 6.10 Å². The molecule has 14 nitrogen and oxygen atoms in total. The average Bonchev–Trinajstić information content (AvgIpc) is 2.87. The van der Waals surface area contributed by atoms with Crippen LogP contribution in [0, 0.1) is 0 Å². The van der Waals surface area contributed by atoms with Crippen molar-refractivity contribution in [3.05, 3.63) is 29.8 Å². The highest BCUT2D eigenvalue weighted by Gasteiger charge is 2.31. The number of carboxylic acids is 1. The monoisotopic (exact) mass is 569 g/mol. The molecule has 5 atom stereocenters. The molecule has 0 radical (unpaired) electrons. The molecule has 0 saturated heterocycles. The summed E-state index contributed by atoms with van der Waals surface area (Å²) in [6.45, 7) is 1.49. The summed E-state index contributed by atoms with van der Waals surface area (Å²) in [7, 11) is 0. The number of nitrogens with one attached hydrogen (secondary N) is 3. The van der Waals surface area contributed by atoms with Crippen molar-refractivity contribution in [3.63, 3.8) is 0 Å². The van der Waals surface area contributed by atoms with Crippen LogP contribution >= 0.6 is 11.8 Å². The first-order chi connectivity index (χ1) is 18.3. The van der Waals surface area contributed by atoms with Crippen LogP contribution in [0.25, 0.3) is 0 Å². The number of nitrogens with zero attached hydrogens (tertiary/aromatic N) is 1. The zero-order valence-corrected chi connectivity index (χ0v) is 22.8. The lowest BCUT2D eigenvalue weighted by atomic mass is 10.0. The van der Waals surface area contributed by atoms with E-state index in [9.17, 15) is 34.5 Å². The number of carbonyl (C=O) groups is 4. The number of benzene rings is 1. The van der Waals surface area contributed by atoms with Gasteiger partial charge in [0, 0.05) is 13.0 Å². The lowest BCUT2D eigenvalue weighted by Crippen LogP contribution is -2.58. The second kappa shape index (κ2) is 17.1. The SMILES string of the molecule is CSCCC(NC(=O)C(CCCN=C(N)N)NC(=O)C(Cc1ccc(O)cc1)NC(=O)C(N)C(C)O)C(=O)O. The number of aliphatic imine (C=N–C) groups is 1. The highest BCUT2D eigenvalue weighted by atomic mass is 32.2. The standard InChI is InChI=1S/C24H39N7O7S/c1-13(32)19(25)22(36)31-18(12-14-5-7-15(33)8-6-14)21(35)29-16(4-3-10-28-24(26)27)20(34)30-17(23(37)38)9-11-39-2/h5-8,13,16-19,32-33H,3-4,9-12,25H2,1-2H3,(H,29,35)(H,30,34)(H,31,36)(H,37,38)(H4,26,27,28). The minimum atomic E-state index is -1.31. The molecule has 0 aromatic heterocycles. The number of nitrogens with two attached hydrogens (primary N) is 3. The van der Waals surface area contributed by atoms with Crippen molar-refractivity contribution in [2.45, 2.75) is 62.9 Å². The number of hydrogen-bond donors (Lipinski definition) is 9. The molecule has 1 aromatic rings. The Morgan fingerprint density at radius 1 is 0.949 bits per heavy atom. The van der Waals surface area contributed by atoms with Crippen LogP contribution < -0.4 is 33.2 Å². The number of hydrogen-bond acceptors (Lipinski definition) is 9. The maximum absolute atomic E-state index is 13.3. The van der Waals surface area contributed by atoms with Crippen LogP contribution in [0.2, 0.25) is 0 Å². The fourth-order valence-electron chi connectivity index (χ4n) is 3.37. The van der Waals surface area contributed by atoms with Crippen molar-refractivity contribution < 1.29 is 34.5 Å². The molecule has 3 amide bonds. The predicted molar refractivity (Wildman–Crippen MR) is 148 cm³/mol. The third-order valence-electron chi connectivity index (χ3n) is 5.64. The number of aliphatic hydroxyl groups is 1. The van der Waals surface area contributed by atoms with Gasteiger partial charge in [-0.3, -0.25) is 19.4 Å². The van der Waals surface area contributed by atoms with E-state index in [0.29, 0.717) is 11.3 Å². The zero-order chi connectivity index (χ0) is 29.5. The Hall–Kier alpha value is -3.56. The number of aromatic hydroxyl groups is 1. The summed E-state index contributed by atoms with van der Waals surface area (Å²) in [5.41, 5.74) is 17.0. The Morgan fingerprint density at radius 3 is 2.05 bits per heavy atom. The number of phenols is 1. The molecule has 218 valence electrons. The fraction of sp³-hybridized carbons (Fsp3) is 0.542. The molecule has 0 saturated carbocycles. The van der Waals surface area contributed by atoms with E-state index >= 15 is 0 Å². The Morgan fingerprint density at radius 2 is 1.51 bits per heavy atom. The normalized spacial score (nSPS) is 14.7. The van der Waals surface area contributed by atoms with Gasteiger partial charge in [0.1, 0.15) is 29.9 Å². The average molecular weight is 570 g/mol. The van der Waals surface area contributed by atoms with E-state index in [1.165, 1.54) is 30.8 Å². The van der Waals surface area contributed by atoms with Gasteiger partial charge < -0.3 is 48.5 Å². The molecule has 39 heavy (non-hydrogen) atoms. The number of carbonyl (C=O) groups excluding carboxylic acids is 3. The quantitative estimate of drug-likeness (QED) is 0.0562. The van der Waals surface area contributed by atoms with E-state index in [0.717, 1.165) is 0 Å². The third-order valence-corrected chi connectivity index (χ3v) is 6.28. The maximum Gasteiger partial charge on any atom is 0.326 e. The van der Waals surface area contributed by atoms with Gasteiger partial charge in [-0.05, 0) is 55.9 Å². The number of amides is 3. The summed E-state index contributed by atoms with van der Waals surface area (Å²) < 4.78 is 0. The molecule has 0 spiro atoms. The number of guanidine groups is 1. The molecule has 5 unspecified atom stereocenters. The second-order valence-corrected chi connectivity index (χ2v) is 9.87. The van der Waals surface area contributed by atoms with E-state index in [2.05, 4.69) is 20.9 Å². The number of rotatable bonds is 17. The van der Waals surface area contributed by atoms with Crippen molar-refractivity contribution in [1.82, 2.24) is 16.0 Å². The van der Waals surface area contributed by atoms with Gasteiger partial charge in [-0.15, -0.1) is 0 Å². The van der Waals surface area contributed by atoms with E-state index < -0.39 is 54.0 Å². The van der Waals surface area contributed by atoms with Crippen molar-refractivity contribution in [3.8, 4) is 5.75 Å². The highest BCUT2D eigenvalue weighted by molar-refractivity contribution is 7.98. The van der Waals surface area contributed by atoms with Gasteiger partial charge in [-0.1, -0.05) is 12.1 Å². The van der Waals surface area contributed by atoms with Gasteiger partial charge in [-0.25, -0.2) is 4.79 Å². The van der Waals surface area contributed by atoms with Crippen LogP contribution in [0.15, 0.2) is 29.3 Å². The molecule has 12 N–H and O–H groups in total. The number of phenolic OH excluding ortho intramolecular Hbond substituents is 1. The van der Waals surface area contributed by atoms with Gasteiger partial charge in [0.15, 0.2) is 5.96 Å². The molecule has 0 bridgehead atoms. The van der Waals surface area contributed by atoms with Crippen molar-refractivity contribution >= 4 is 41.4 Å². The minimum Gasteiger partial charge on any atom is -0.508 e. The largest absolute Gasteiger partial charge is 0.508 e. The fourth-order valence-corrected chi connectivity index (χ4v) is 3.85. The molecular weight excluding hydrogens is 530 g/mol. The van der Waals surface area contributed by atoms with E-state index in [1.54, 1.807) is 18.4 Å². The van der Waals surface area contributed by atoms with E-state index in [1.807, 2.05) is 0 Å². The molecule has 1 aromatic carbocycles. The van der Waals surface area contributed by atoms with Gasteiger partial charge in [0.2, 0.25) is 17.7 Å². The van der Waals surface area contributed by atoms with Gasteiger partial charge in [-0.2, -0.15) is 11.8 Å². The first kappa shape index (κ1) is 33.5. The first-order valence-corrected chi connectivity index (χ1v) is 13.6. The van der Waals surface area contributed by atoms with Crippen molar-refractivity contribution in [2.75, 3.05) is 18.6 Å². The van der Waals surface area contributed by atoms with Crippen molar-refractivity contribution in [2.24, 2.45) is 22.2 Å². The lowest BCUT2D eigenvalue weighted by Gasteiger charge is -2.25. The van der Waals surface area contributed by atoms with E-state index in [4.69, 9.17) is 17.2 Å². The minimum absolute atomic E-state index is 0.00637.